The number of amides is 2. The van der Waals surface area contributed by atoms with E-state index in [9.17, 15) is 18.0 Å². The number of sulfonamides is 1. The highest BCUT2D eigenvalue weighted by atomic mass is 32.2. The van der Waals surface area contributed by atoms with Crippen molar-refractivity contribution in [3.05, 3.63) is 60.2 Å². The topological polar surface area (TPSA) is 96.0 Å². The van der Waals surface area contributed by atoms with Crippen LogP contribution in [0.5, 0.6) is 5.75 Å². The van der Waals surface area contributed by atoms with Crippen LogP contribution >= 0.6 is 0 Å². The zero-order chi connectivity index (χ0) is 24.6. The molecule has 9 heteroatoms. The Morgan fingerprint density at radius 1 is 1.03 bits per heavy atom. The van der Waals surface area contributed by atoms with Crippen LogP contribution in [0.25, 0.3) is 0 Å². The number of hydrogen-bond acceptors (Lipinski definition) is 5. The van der Waals surface area contributed by atoms with Crippen LogP contribution in [0, 0.1) is 0 Å². The zero-order valence-electron chi connectivity index (χ0n) is 19.8. The van der Waals surface area contributed by atoms with Crippen molar-refractivity contribution in [3.63, 3.8) is 0 Å². The first-order chi connectivity index (χ1) is 15.6. The largest absolute Gasteiger partial charge is 0.495 e. The first-order valence-electron chi connectivity index (χ1n) is 10.8. The molecule has 8 nitrogen and oxygen atoms in total. The van der Waals surface area contributed by atoms with Crippen LogP contribution in [-0.4, -0.2) is 57.1 Å². The second-order valence-electron chi connectivity index (χ2n) is 8.04. The molecule has 2 aromatic carbocycles. The minimum absolute atomic E-state index is 0.0960. The van der Waals surface area contributed by atoms with Gasteiger partial charge in [0.25, 0.3) is 0 Å². The third kappa shape index (κ3) is 7.21. The van der Waals surface area contributed by atoms with E-state index in [0.29, 0.717) is 12.2 Å². The summed E-state index contributed by atoms with van der Waals surface area (Å²) in [5.41, 5.74) is 1.10. The molecule has 0 bridgehead atoms. The average Bonchev–Trinajstić information content (AvgIpc) is 2.76. The smallest absolute Gasteiger partial charge is 0.244 e. The lowest BCUT2D eigenvalue weighted by atomic mass is 10.1. The Labute approximate surface area is 196 Å². The van der Waals surface area contributed by atoms with Gasteiger partial charge in [-0.2, -0.15) is 0 Å². The molecule has 0 aliphatic carbocycles. The molecule has 0 spiro atoms. The first-order valence-corrected chi connectivity index (χ1v) is 12.7. The van der Waals surface area contributed by atoms with Gasteiger partial charge in [0.1, 0.15) is 18.3 Å². The summed E-state index contributed by atoms with van der Waals surface area (Å²) in [5, 5.41) is 2.86. The minimum atomic E-state index is -3.82. The van der Waals surface area contributed by atoms with Crippen molar-refractivity contribution >= 4 is 27.5 Å². The molecule has 0 aliphatic heterocycles. The van der Waals surface area contributed by atoms with Crippen molar-refractivity contribution in [1.82, 2.24) is 10.2 Å². The number of para-hydroxylation sites is 2. The van der Waals surface area contributed by atoms with Gasteiger partial charge in [0.05, 0.1) is 19.1 Å². The Balaban J connectivity index is 2.45. The molecule has 33 heavy (non-hydrogen) atoms. The molecule has 0 saturated carbocycles. The summed E-state index contributed by atoms with van der Waals surface area (Å²) >= 11 is 0. The Kier molecular flexibility index (Phi) is 9.28. The second kappa shape index (κ2) is 11.7. The van der Waals surface area contributed by atoms with Gasteiger partial charge in [0.15, 0.2) is 0 Å². The molecule has 2 amide bonds. The second-order valence-corrected chi connectivity index (χ2v) is 9.94. The highest BCUT2D eigenvalue weighted by Gasteiger charge is 2.32. The van der Waals surface area contributed by atoms with Crippen LogP contribution in [0.4, 0.5) is 5.69 Å². The Morgan fingerprint density at radius 3 is 2.18 bits per heavy atom. The van der Waals surface area contributed by atoms with Gasteiger partial charge in [-0.1, -0.05) is 49.4 Å². The van der Waals surface area contributed by atoms with Gasteiger partial charge in [-0.15, -0.1) is 0 Å². The third-order valence-corrected chi connectivity index (χ3v) is 6.17. The number of carbonyl (C=O) groups excluding carboxylic acids is 2. The number of nitrogens with zero attached hydrogens (tertiary/aromatic N) is 2. The Bertz CT molecular complexity index is 1040. The number of nitrogens with one attached hydrogen (secondary N) is 1. The van der Waals surface area contributed by atoms with Crippen LogP contribution in [0.2, 0.25) is 0 Å². The number of benzene rings is 2. The van der Waals surface area contributed by atoms with Crippen LogP contribution < -0.4 is 14.4 Å². The third-order valence-electron chi connectivity index (χ3n) is 5.05. The van der Waals surface area contributed by atoms with E-state index in [1.54, 1.807) is 24.3 Å². The van der Waals surface area contributed by atoms with Crippen LogP contribution in [0.15, 0.2) is 54.6 Å². The van der Waals surface area contributed by atoms with E-state index in [0.717, 1.165) is 16.1 Å². The highest BCUT2D eigenvalue weighted by Crippen LogP contribution is 2.29. The number of ether oxygens (including phenoxy) is 1. The lowest BCUT2D eigenvalue weighted by molar-refractivity contribution is -0.140. The molecule has 1 atom stereocenters. The lowest BCUT2D eigenvalue weighted by Crippen LogP contribution is -2.53. The summed E-state index contributed by atoms with van der Waals surface area (Å²) < 4.78 is 31.6. The van der Waals surface area contributed by atoms with Gasteiger partial charge in [-0.25, -0.2) is 8.42 Å². The maximum absolute atomic E-state index is 13.6. The van der Waals surface area contributed by atoms with E-state index >= 15 is 0 Å². The molecule has 1 unspecified atom stereocenters. The van der Waals surface area contributed by atoms with Crippen LogP contribution in [-0.2, 0) is 26.2 Å². The number of anilines is 1. The zero-order valence-corrected chi connectivity index (χ0v) is 20.6. The van der Waals surface area contributed by atoms with Crippen LogP contribution in [0.1, 0.15) is 32.8 Å². The van der Waals surface area contributed by atoms with E-state index in [-0.39, 0.29) is 24.2 Å². The number of methoxy groups -OCH3 is 1. The van der Waals surface area contributed by atoms with Gasteiger partial charge in [0.2, 0.25) is 21.8 Å². The normalized spacial score (nSPS) is 12.2. The van der Waals surface area contributed by atoms with Crippen molar-refractivity contribution in [3.8, 4) is 5.75 Å². The van der Waals surface area contributed by atoms with Crippen molar-refractivity contribution < 1.29 is 22.7 Å². The number of rotatable bonds is 11. The van der Waals surface area contributed by atoms with E-state index in [4.69, 9.17) is 4.74 Å². The summed E-state index contributed by atoms with van der Waals surface area (Å²) in [6, 6.07) is 15.1. The molecule has 180 valence electrons. The molecule has 1 N–H and O–H groups in total. The summed E-state index contributed by atoms with van der Waals surface area (Å²) in [4.78, 5) is 27.9. The molecule has 0 fully saturated rings. The molecule has 0 saturated heterocycles. The predicted octanol–water partition coefficient (Wildman–Crippen LogP) is 2.79. The van der Waals surface area contributed by atoms with Crippen molar-refractivity contribution in [2.75, 3.05) is 24.2 Å². The minimum Gasteiger partial charge on any atom is -0.495 e. The summed E-state index contributed by atoms with van der Waals surface area (Å²) in [7, 11) is -2.38. The molecule has 0 aliphatic rings. The predicted molar refractivity (Wildman–Crippen MR) is 130 cm³/mol. The number of hydrogen-bond donors (Lipinski definition) is 1. The fourth-order valence-electron chi connectivity index (χ4n) is 3.51. The van der Waals surface area contributed by atoms with E-state index in [1.165, 1.54) is 12.0 Å². The molecule has 0 heterocycles. The Morgan fingerprint density at radius 2 is 1.64 bits per heavy atom. The fraction of sp³-hybridized carbons (Fsp3) is 0.417. The summed E-state index contributed by atoms with van der Waals surface area (Å²) in [6.07, 6.45) is 1.42. The molecule has 0 aromatic heterocycles. The summed E-state index contributed by atoms with van der Waals surface area (Å²) in [5.74, 6) is -0.434. The van der Waals surface area contributed by atoms with Gasteiger partial charge in [-0.05, 0) is 38.0 Å². The molecule has 0 radical (unpaired) electrons. The standard InChI is InChI=1S/C24H33N3O5S/c1-6-20(24(29)25-18(2)3)26(16-19-12-8-7-9-13-19)23(28)17-27(33(5,30)31)21-14-10-11-15-22(21)32-4/h7-15,18,20H,6,16-17H2,1-5H3,(H,25,29). The molecule has 2 aromatic rings. The molecular weight excluding hydrogens is 442 g/mol. The van der Waals surface area contributed by atoms with Gasteiger partial charge in [-0.3, -0.25) is 13.9 Å². The fourth-order valence-corrected chi connectivity index (χ4v) is 4.36. The SMILES string of the molecule is CCC(C(=O)NC(C)C)N(Cc1ccccc1)C(=O)CN(c1ccccc1OC)S(C)(=O)=O. The highest BCUT2D eigenvalue weighted by molar-refractivity contribution is 7.92. The van der Waals surface area contributed by atoms with Gasteiger partial charge >= 0.3 is 0 Å². The monoisotopic (exact) mass is 475 g/mol. The van der Waals surface area contributed by atoms with Crippen LogP contribution in [0.3, 0.4) is 0 Å². The van der Waals surface area contributed by atoms with Crippen molar-refractivity contribution in [2.45, 2.75) is 45.8 Å². The van der Waals surface area contributed by atoms with Gasteiger partial charge < -0.3 is 15.0 Å². The summed E-state index contributed by atoms with van der Waals surface area (Å²) in [6.45, 7) is 5.23. The maximum Gasteiger partial charge on any atom is 0.244 e. The Hall–Kier alpha value is -3.07. The lowest BCUT2D eigenvalue weighted by Gasteiger charge is -2.33. The molecular formula is C24H33N3O5S. The quantitative estimate of drug-likeness (QED) is 0.539. The molecule has 2 rings (SSSR count). The van der Waals surface area contributed by atoms with Gasteiger partial charge in [0, 0.05) is 12.6 Å². The average molecular weight is 476 g/mol. The maximum atomic E-state index is 13.6. The van der Waals surface area contributed by atoms with E-state index in [1.807, 2.05) is 51.1 Å². The van der Waals surface area contributed by atoms with Crippen molar-refractivity contribution in [1.29, 1.82) is 0 Å². The van der Waals surface area contributed by atoms with E-state index in [2.05, 4.69) is 5.32 Å². The van der Waals surface area contributed by atoms with E-state index < -0.39 is 28.5 Å². The first kappa shape index (κ1) is 26.2. The number of carbonyl (C=O) groups is 2. The van der Waals surface area contributed by atoms with Crippen molar-refractivity contribution in [2.24, 2.45) is 0 Å².